The summed E-state index contributed by atoms with van der Waals surface area (Å²) in [5.41, 5.74) is -1.49. The van der Waals surface area contributed by atoms with Gasteiger partial charge in [-0.25, -0.2) is 0 Å². The van der Waals surface area contributed by atoms with Crippen LogP contribution in [0.1, 0.15) is 93.4 Å². The van der Waals surface area contributed by atoms with Gasteiger partial charge < -0.3 is 5.11 Å². The SMILES string of the molecule is CC1(C)CC[C@]2(C(=O)O)CC[C@]3(C)[C@H](C(=O)C=C4[C@@]5(C)C=C(C#N)C(=O)C(C)(C)[C@@H]5CC[C@]43C)[C@H]2C1. The fourth-order valence-corrected chi connectivity index (χ4v) is 10.0. The Balaban J connectivity index is 1.71. The summed E-state index contributed by atoms with van der Waals surface area (Å²) in [5.74, 6) is -1.27. The highest BCUT2D eigenvalue weighted by Crippen LogP contribution is 2.74. The molecule has 0 aromatic heterocycles. The van der Waals surface area contributed by atoms with Gasteiger partial charge in [-0.15, -0.1) is 0 Å². The molecule has 36 heavy (non-hydrogen) atoms. The number of aliphatic carboxylic acids is 1. The fraction of sp³-hybridized carbons (Fsp3) is 0.742. The molecule has 0 amide bonds. The number of rotatable bonds is 1. The molecule has 5 aliphatic rings. The Morgan fingerprint density at radius 1 is 1.00 bits per heavy atom. The normalized spacial score (nSPS) is 46.7. The summed E-state index contributed by atoms with van der Waals surface area (Å²) in [6.07, 6.45) is 8.98. The van der Waals surface area contributed by atoms with Gasteiger partial charge in [0, 0.05) is 16.7 Å². The molecule has 194 valence electrons. The van der Waals surface area contributed by atoms with E-state index in [1.165, 1.54) is 0 Å². The van der Waals surface area contributed by atoms with Gasteiger partial charge in [0.15, 0.2) is 11.6 Å². The first-order valence-corrected chi connectivity index (χ1v) is 13.7. The number of hydrogen-bond donors (Lipinski definition) is 1. The van der Waals surface area contributed by atoms with Gasteiger partial charge in [0.1, 0.15) is 6.07 Å². The second-order valence-corrected chi connectivity index (χ2v) is 14.7. The lowest BCUT2D eigenvalue weighted by Gasteiger charge is -2.68. The van der Waals surface area contributed by atoms with E-state index in [2.05, 4.69) is 40.7 Å². The molecule has 0 saturated heterocycles. The smallest absolute Gasteiger partial charge is 0.309 e. The highest BCUT2D eigenvalue weighted by atomic mass is 16.4. The molecule has 3 saturated carbocycles. The Hall–Kier alpha value is -2.22. The van der Waals surface area contributed by atoms with E-state index in [9.17, 15) is 24.8 Å². The van der Waals surface area contributed by atoms with E-state index >= 15 is 0 Å². The van der Waals surface area contributed by atoms with E-state index in [4.69, 9.17) is 0 Å². The lowest BCUT2D eigenvalue weighted by Crippen LogP contribution is -2.65. The Morgan fingerprint density at radius 3 is 2.25 bits per heavy atom. The van der Waals surface area contributed by atoms with Crippen molar-refractivity contribution in [2.75, 3.05) is 0 Å². The second-order valence-electron chi connectivity index (χ2n) is 14.7. The summed E-state index contributed by atoms with van der Waals surface area (Å²) in [6, 6.07) is 2.15. The number of ketones is 2. The highest BCUT2D eigenvalue weighted by molar-refractivity contribution is 6.04. The predicted molar refractivity (Wildman–Crippen MR) is 137 cm³/mol. The van der Waals surface area contributed by atoms with Crippen molar-refractivity contribution in [2.24, 2.45) is 50.2 Å². The number of carboxylic acids is 1. The molecule has 0 aromatic carbocycles. The van der Waals surface area contributed by atoms with Crippen LogP contribution in [0.2, 0.25) is 0 Å². The van der Waals surface area contributed by atoms with E-state index in [0.717, 1.165) is 31.3 Å². The standard InChI is InChI=1S/C31H41NO4/c1-26(2)10-12-31(25(35)36)13-11-30(7)23(19(31)16-26)20(33)14-22-28(5)15-18(17-32)24(34)27(3,4)21(28)8-9-29(22,30)6/h14-15,19,21,23H,8-13,16H2,1-7H3,(H,35,36)/t19-,21+,23+,28+,29-,30-,31+/m1/s1. The molecule has 5 heteroatoms. The first kappa shape index (κ1) is 25.4. The van der Waals surface area contributed by atoms with Gasteiger partial charge >= 0.3 is 5.97 Å². The third kappa shape index (κ3) is 2.85. The molecular weight excluding hydrogens is 450 g/mol. The molecule has 5 rings (SSSR count). The second kappa shape index (κ2) is 7.21. The number of allylic oxidation sites excluding steroid dienone is 4. The number of fused-ring (bicyclic) bond motifs is 7. The average Bonchev–Trinajstić information content (AvgIpc) is 2.77. The molecule has 0 spiro atoms. The van der Waals surface area contributed by atoms with Crippen molar-refractivity contribution < 1.29 is 19.5 Å². The number of carboxylic acid groups (broad SMARTS) is 1. The zero-order valence-electron chi connectivity index (χ0n) is 23.0. The minimum atomic E-state index is -0.828. The van der Waals surface area contributed by atoms with Gasteiger partial charge in [-0.1, -0.05) is 60.1 Å². The number of hydrogen-bond acceptors (Lipinski definition) is 4. The molecule has 5 nitrogen and oxygen atoms in total. The third-order valence-corrected chi connectivity index (χ3v) is 12.3. The van der Waals surface area contributed by atoms with Crippen LogP contribution in [0, 0.1) is 61.6 Å². The van der Waals surface area contributed by atoms with Crippen LogP contribution in [0.4, 0.5) is 0 Å². The fourth-order valence-electron chi connectivity index (χ4n) is 10.0. The number of Topliss-reactive ketones (excluding diaryl/α,β-unsaturated/α-hetero) is 1. The van der Waals surface area contributed by atoms with Gasteiger partial charge in [0.25, 0.3) is 0 Å². The largest absolute Gasteiger partial charge is 0.481 e. The van der Waals surface area contributed by atoms with E-state index in [0.29, 0.717) is 19.3 Å². The van der Waals surface area contributed by atoms with E-state index in [1.54, 1.807) is 0 Å². The topological polar surface area (TPSA) is 95.2 Å². The lowest BCUT2D eigenvalue weighted by atomic mass is 9.34. The van der Waals surface area contributed by atoms with Crippen molar-refractivity contribution >= 4 is 17.5 Å². The van der Waals surface area contributed by atoms with Crippen LogP contribution in [0.3, 0.4) is 0 Å². The van der Waals surface area contributed by atoms with Crippen LogP contribution in [0.15, 0.2) is 23.3 Å². The van der Waals surface area contributed by atoms with Gasteiger partial charge in [0.05, 0.1) is 11.0 Å². The Kier molecular flexibility index (Phi) is 5.09. The summed E-state index contributed by atoms with van der Waals surface area (Å²) in [6.45, 7) is 15.0. The average molecular weight is 492 g/mol. The molecule has 0 heterocycles. The maximum absolute atomic E-state index is 14.2. The zero-order chi connectivity index (χ0) is 26.7. The van der Waals surface area contributed by atoms with Gasteiger partial charge in [-0.3, -0.25) is 14.4 Å². The molecular formula is C31H41NO4. The van der Waals surface area contributed by atoms with Gasteiger partial charge in [-0.2, -0.15) is 5.26 Å². The summed E-state index contributed by atoms with van der Waals surface area (Å²) in [5, 5.41) is 20.3. The first-order valence-electron chi connectivity index (χ1n) is 13.7. The third-order valence-electron chi connectivity index (χ3n) is 12.3. The van der Waals surface area contributed by atoms with Crippen LogP contribution in [-0.2, 0) is 14.4 Å². The molecule has 3 fully saturated rings. The highest BCUT2D eigenvalue weighted by Gasteiger charge is 2.70. The van der Waals surface area contributed by atoms with Crippen molar-refractivity contribution in [3.63, 3.8) is 0 Å². The van der Waals surface area contributed by atoms with Crippen LogP contribution in [-0.4, -0.2) is 22.6 Å². The lowest BCUT2D eigenvalue weighted by molar-refractivity contribution is -0.188. The Morgan fingerprint density at radius 2 is 1.64 bits per heavy atom. The zero-order valence-corrected chi connectivity index (χ0v) is 23.0. The number of nitriles is 1. The molecule has 0 aromatic rings. The Labute approximate surface area is 215 Å². The van der Waals surface area contributed by atoms with Gasteiger partial charge in [0.2, 0.25) is 0 Å². The van der Waals surface area contributed by atoms with Crippen molar-refractivity contribution in [3.05, 3.63) is 23.3 Å². The molecule has 7 atom stereocenters. The minimum absolute atomic E-state index is 0.00880. The molecule has 0 unspecified atom stereocenters. The maximum atomic E-state index is 14.2. The number of carbonyl (C=O) groups is 3. The quantitative estimate of drug-likeness (QED) is 0.465. The molecule has 0 bridgehead atoms. The van der Waals surface area contributed by atoms with Crippen molar-refractivity contribution in [2.45, 2.75) is 93.4 Å². The van der Waals surface area contributed by atoms with Crippen LogP contribution in [0.5, 0.6) is 0 Å². The van der Waals surface area contributed by atoms with Crippen LogP contribution in [0.25, 0.3) is 0 Å². The van der Waals surface area contributed by atoms with E-state index in [-0.39, 0.29) is 51.1 Å². The molecule has 0 radical (unpaired) electrons. The summed E-state index contributed by atoms with van der Waals surface area (Å²) < 4.78 is 0. The van der Waals surface area contributed by atoms with E-state index < -0.39 is 22.2 Å². The predicted octanol–water partition coefficient (Wildman–Crippen LogP) is 6.29. The molecule has 0 aliphatic heterocycles. The summed E-state index contributed by atoms with van der Waals surface area (Å²) in [4.78, 5) is 40.2. The van der Waals surface area contributed by atoms with Crippen molar-refractivity contribution in [3.8, 4) is 6.07 Å². The van der Waals surface area contributed by atoms with E-state index in [1.807, 2.05) is 26.0 Å². The van der Waals surface area contributed by atoms with Crippen molar-refractivity contribution in [1.29, 1.82) is 5.26 Å². The molecule has 1 N–H and O–H groups in total. The summed E-state index contributed by atoms with van der Waals surface area (Å²) in [7, 11) is 0. The Bertz CT molecular complexity index is 1180. The summed E-state index contributed by atoms with van der Waals surface area (Å²) >= 11 is 0. The first-order chi connectivity index (χ1) is 16.5. The minimum Gasteiger partial charge on any atom is -0.481 e. The molecule has 5 aliphatic carbocycles. The monoisotopic (exact) mass is 491 g/mol. The number of carbonyl (C=O) groups excluding carboxylic acids is 2. The van der Waals surface area contributed by atoms with Crippen LogP contribution < -0.4 is 0 Å². The van der Waals surface area contributed by atoms with Crippen molar-refractivity contribution in [1.82, 2.24) is 0 Å². The van der Waals surface area contributed by atoms with Gasteiger partial charge in [-0.05, 0) is 79.1 Å². The maximum Gasteiger partial charge on any atom is 0.309 e. The van der Waals surface area contributed by atoms with Crippen LogP contribution >= 0.6 is 0 Å². The number of nitrogens with zero attached hydrogens (tertiary/aromatic N) is 1.